The van der Waals surface area contributed by atoms with Gasteiger partial charge in [0.05, 0.1) is 5.69 Å². The van der Waals surface area contributed by atoms with Crippen LogP contribution in [0.25, 0.3) is 5.69 Å². The molecule has 1 N–H and O–H groups in total. The minimum atomic E-state index is -4.03. The van der Waals surface area contributed by atoms with Gasteiger partial charge in [-0.25, -0.2) is 18.4 Å². The first kappa shape index (κ1) is 26.0. The Morgan fingerprint density at radius 2 is 2.15 bits per heavy atom. The summed E-state index contributed by atoms with van der Waals surface area (Å²) in [5, 5.41) is 7.75. The highest BCUT2D eigenvalue weighted by Crippen LogP contribution is 2.32. The Kier molecular flexibility index (Phi) is 8.58. The fourth-order valence-electron chi connectivity index (χ4n) is 3.65. The molecule has 3 rings (SSSR count). The Balaban J connectivity index is 2.01. The second-order valence-corrected chi connectivity index (χ2v) is 10.5. The highest BCUT2D eigenvalue weighted by Gasteiger charge is 2.35. The van der Waals surface area contributed by atoms with Gasteiger partial charge in [-0.05, 0) is 52.0 Å². The van der Waals surface area contributed by atoms with E-state index in [-0.39, 0.29) is 17.9 Å². The molecule has 12 heteroatoms. The molecule has 1 aromatic heterocycles. The van der Waals surface area contributed by atoms with Crippen LogP contribution in [0.3, 0.4) is 0 Å². The number of sulfonamides is 1. The van der Waals surface area contributed by atoms with Gasteiger partial charge in [-0.2, -0.15) is 0 Å². The fraction of sp³-hybridized carbons (Fsp3) is 0.455. The summed E-state index contributed by atoms with van der Waals surface area (Å²) in [5.74, 6) is 0.682. The number of rotatable bonds is 9. The van der Waals surface area contributed by atoms with Crippen molar-refractivity contribution >= 4 is 40.1 Å². The summed E-state index contributed by atoms with van der Waals surface area (Å²) in [5.41, 5.74) is 1.68. The number of benzene rings is 1. The van der Waals surface area contributed by atoms with Crippen LogP contribution in [0.2, 0.25) is 0 Å². The molecule has 0 radical (unpaired) electrons. The summed E-state index contributed by atoms with van der Waals surface area (Å²) >= 11 is 5.84. The summed E-state index contributed by atoms with van der Waals surface area (Å²) in [7, 11) is -2.66. The predicted octanol–water partition coefficient (Wildman–Crippen LogP) is 3.77. The van der Waals surface area contributed by atoms with Crippen molar-refractivity contribution < 1.29 is 17.9 Å². The number of hydrogen-bond donors (Lipinski definition) is 1. The van der Waals surface area contributed by atoms with Crippen molar-refractivity contribution in [3.05, 3.63) is 46.9 Å². The molecule has 1 fully saturated rings. The molecule has 0 spiro atoms. The van der Waals surface area contributed by atoms with Gasteiger partial charge in [0.15, 0.2) is 11.7 Å². The summed E-state index contributed by atoms with van der Waals surface area (Å²) in [4.78, 5) is 7.95. The summed E-state index contributed by atoms with van der Waals surface area (Å²) in [6.45, 7) is 9.16. The van der Waals surface area contributed by atoms with Crippen molar-refractivity contribution in [2.24, 2.45) is 9.98 Å². The van der Waals surface area contributed by atoms with Gasteiger partial charge in [0, 0.05) is 24.9 Å². The van der Waals surface area contributed by atoms with Gasteiger partial charge in [-0.15, -0.1) is 10.2 Å². The van der Waals surface area contributed by atoms with Crippen molar-refractivity contribution in [3.63, 3.8) is 0 Å². The Morgan fingerprint density at radius 1 is 1.41 bits per heavy atom. The van der Waals surface area contributed by atoms with Crippen molar-refractivity contribution in [1.82, 2.24) is 14.8 Å². The van der Waals surface area contributed by atoms with Crippen LogP contribution >= 0.6 is 11.6 Å². The number of nitrogens with zero attached hydrogens (tertiary/aromatic N) is 5. The molecular weight excluding hydrogens is 480 g/mol. The van der Waals surface area contributed by atoms with E-state index in [0.717, 1.165) is 24.1 Å². The number of halogens is 1. The monoisotopic (exact) mass is 508 g/mol. The predicted molar refractivity (Wildman–Crippen MR) is 133 cm³/mol. The maximum atomic E-state index is 13.4. The van der Waals surface area contributed by atoms with Gasteiger partial charge in [0.25, 0.3) is 0 Å². The summed E-state index contributed by atoms with van der Waals surface area (Å²) in [6.07, 6.45) is 1.74. The maximum Gasteiger partial charge on any atom is 0.243 e. The molecule has 10 nitrogen and oxygen atoms in total. The number of anilines is 1. The van der Waals surface area contributed by atoms with Gasteiger partial charge in [-0.3, -0.25) is 9.29 Å². The number of ether oxygens (including phenoxy) is 2. The molecule has 184 valence electrons. The van der Waals surface area contributed by atoms with Crippen LogP contribution in [0.1, 0.15) is 44.2 Å². The average Bonchev–Trinajstić information content (AvgIpc) is 3.46. The van der Waals surface area contributed by atoms with Crippen LogP contribution in [-0.4, -0.2) is 60.8 Å². The average molecular weight is 509 g/mol. The lowest BCUT2D eigenvalue weighted by Crippen LogP contribution is -2.41. The zero-order chi connectivity index (χ0) is 24.9. The van der Waals surface area contributed by atoms with Crippen LogP contribution in [0.4, 0.5) is 5.95 Å². The lowest BCUT2D eigenvalue weighted by atomic mass is 10.2. The zero-order valence-corrected chi connectivity index (χ0v) is 21.2. The molecule has 1 aliphatic rings. The highest BCUT2D eigenvalue weighted by atomic mass is 35.5. The molecule has 0 bridgehead atoms. The van der Waals surface area contributed by atoms with Crippen LogP contribution < -0.4 is 4.72 Å². The number of aryl methyl sites for hydroxylation is 1. The van der Waals surface area contributed by atoms with E-state index in [9.17, 15) is 8.42 Å². The van der Waals surface area contributed by atoms with E-state index in [1.807, 2.05) is 31.2 Å². The quantitative estimate of drug-likeness (QED) is 0.406. The first-order chi connectivity index (χ1) is 16.2. The van der Waals surface area contributed by atoms with Gasteiger partial charge < -0.3 is 9.47 Å². The standard InChI is InChI=1S/C22H29ClN6O4S/c1-14-9-6-7-10-17(14)29-21(18-11-8-12-33-18)26-27-22(29)28-34(30,31)16(3)19(32-5)20(24-4)25-13-15(2)23/h6-7,9-10,13,16,18-19H,4,8,11-12H2,1-3,5H3,(H,27,28)/b15-13+,25-20?/t16-,18-,19-/m0/s1. The molecular formula is C22H29ClN6O4S. The van der Waals surface area contributed by atoms with E-state index in [2.05, 4.69) is 31.6 Å². The minimum absolute atomic E-state index is 0.0584. The Labute approximate surface area is 204 Å². The fourth-order valence-corrected chi connectivity index (χ4v) is 4.83. The number of methoxy groups -OCH3 is 1. The number of nitrogens with one attached hydrogen (secondary N) is 1. The SMILES string of the molecule is C=NC(=N/C=C(\C)Cl)[C@@H](OC)[C@H](C)S(=O)(=O)Nc1nnc([C@@H]2CCCO2)n1-c1ccccc1C. The topological polar surface area (TPSA) is 120 Å². The minimum Gasteiger partial charge on any atom is -0.372 e. The summed E-state index contributed by atoms with van der Waals surface area (Å²) in [6, 6.07) is 7.59. The van der Waals surface area contributed by atoms with E-state index < -0.39 is 21.4 Å². The number of amidine groups is 1. The highest BCUT2D eigenvalue weighted by molar-refractivity contribution is 7.93. The van der Waals surface area contributed by atoms with Gasteiger partial charge >= 0.3 is 0 Å². The van der Waals surface area contributed by atoms with Gasteiger partial charge in [0.2, 0.25) is 16.0 Å². The normalized spacial score (nSPS) is 19.1. The molecule has 0 unspecified atom stereocenters. The molecule has 1 aliphatic heterocycles. The first-order valence-corrected chi connectivity index (χ1v) is 12.7. The second-order valence-electron chi connectivity index (χ2n) is 7.88. The molecule has 34 heavy (non-hydrogen) atoms. The molecule has 0 aliphatic carbocycles. The van der Waals surface area contributed by atoms with Crippen molar-refractivity contribution in [2.75, 3.05) is 18.4 Å². The molecule has 0 amide bonds. The Bertz CT molecular complexity index is 1180. The molecule has 0 saturated carbocycles. The van der Waals surface area contributed by atoms with E-state index in [1.165, 1.54) is 20.2 Å². The number of aliphatic imine (C=N–C) groups is 2. The second kappa shape index (κ2) is 11.2. The third-order valence-electron chi connectivity index (χ3n) is 5.46. The van der Waals surface area contributed by atoms with E-state index in [4.69, 9.17) is 21.1 Å². The zero-order valence-electron chi connectivity index (χ0n) is 19.6. The number of allylic oxidation sites excluding steroid dienone is 1. The van der Waals surface area contributed by atoms with E-state index in [0.29, 0.717) is 17.5 Å². The number of hydrogen-bond acceptors (Lipinski definition) is 7. The number of para-hydroxylation sites is 1. The molecule has 1 aromatic carbocycles. The van der Waals surface area contributed by atoms with Crippen LogP contribution in [0, 0.1) is 6.92 Å². The largest absolute Gasteiger partial charge is 0.372 e. The summed E-state index contributed by atoms with van der Waals surface area (Å²) < 4.78 is 42.3. The van der Waals surface area contributed by atoms with Gasteiger partial charge in [0.1, 0.15) is 17.5 Å². The lowest BCUT2D eigenvalue weighted by molar-refractivity contribution is 0.103. The molecule has 3 atom stereocenters. The molecule has 1 saturated heterocycles. The Hall–Kier alpha value is -2.60. The maximum absolute atomic E-state index is 13.4. The Morgan fingerprint density at radius 3 is 2.74 bits per heavy atom. The third kappa shape index (κ3) is 5.72. The molecule has 2 heterocycles. The molecule has 2 aromatic rings. The van der Waals surface area contributed by atoms with Crippen LogP contribution in [-0.2, 0) is 19.5 Å². The first-order valence-electron chi connectivity index (χ1n) is 10.7. The van der Waals surface area contributed by atoms with E-state index >= 15 is 0 Å². The van der Waals surface area contributed by atoms with Crippen molar-refractivity contribution in [2.45, 2.75) is 51.1 Å². The van der Waals surface area contributed by atoms with Crippen LogP contribution in [0.5, 0.6) is 0 Å². The third-order valence-corrected chi connectivity index (χ3v) is 7.25. The lowest BCUT2D eigenvalue weighted by Gasteiger charge is -2.23. The van der Waals surface area contributed by atoms with Crippen LogP contribution in [0.15, 0.2) is 45.5 Å². The van der Waals surface area contributed by atoms with Gasteiger partial charge in [-0.1, -0.05) is 29.8 Å². The van der Waals surface area contributed by atoms with Crippen molar-refractivity contribution in [3.8, 4) is 5.69 Å². The number of aromatic nitrogens is 3. The van der Waals surface area contributed by atoms with Crippen molar-refractivity contribution in [1.29, 1.82) is 0 Å². The smallest absolute Gasteiger partial charge is 0.243 e. The van der Waals surface area contributed by atoms with E-state index in [1.54, 1.807) is 11.5 Å².